The summed E-state index contributed by atoms with van der Waals surface area (Å²) in [5.41, 5.74) is 10.4. The highest BCUT2D eigenvalue weighted by molar-refractivity contribution is 5.84. The second-order valence-corrected chi connectivity index (χ2v) is 9.76. The summed E-state index contributed by atoms with van der Waals surface area (Å²) in [6.07, 6.45) is 8.80. The van der Waals surface area contributed by atoms with Crippen LogP contribution in [0.15, 0.2) is 73.6 Å². The molecule has 0 radical (unpaired) electrons. The van der Waals surface area contributed by atoms with Gasteiger partial charge in [-0.25, -0.2) is 19.9 Å². The van der Waals surface area contributed by atoms with E-state index < -0.39 is 0 Å². The van der Waals surface area contributed by atoms with E-state index in [0.717, 1.165) is 48.2 Å². The van der Waals surface area contributed by atoms with Gasteiger partial charge in [-0.05, 0) is 36.5 Å². The van der Waals surface area contributed by atoms with Crippen molar-refractivity contribution in [3.05, 3.63) is 79.1 Å². The maximum absolute atomic E-state index is 9.59. The van der Waals surface area contributed by atoms with Crippen molar-refractivity contribution < 1.29 is 14.6 Å². The van der Waals surface area contributed by atoms with Crippen LogP contribution in [0.1, 0.15) is 31.1 Å². The lowest BCUT2D eigenvalue weighted by molar-refractivity contribution is -0.0197. The van der Waals surface area contributed by atoms with Gasteiger partial charge in [0.15, 0.2) is 17.0 Å². The van der Waals surface area contributed by atoms with Crippen LogP contribution in [0.25, 0.3) is 22.3 Å². The molecule has 6 rings (SSSR count). The number of benzene rings is 2. The van der Waals surface area contributed by atoms with Gasteiger partial charge in [-0.1, -0.05) is 42.5 Å². The van der Waals surface area contributed by atoms with Crippen LogP contribution in [0.3, 0.4) is 0 Å². The molecule has 4 N–H and O–H groups in total. The van der Waals surface area contributed by atoms with Gasteiger partial charge in [0.25, 0.3) is 0 Å². The summed E-state index contributed by atoms with van der Waals surface area (Å²) in [6, 6.07) is 16.5. The molecule has 11 heteroatoms. The molecule has 0 amide bonds. The predicted octanol–water partition coefficient (Wildman–Crippen LogP) is 4.02. The lowest BCUT2D eigenvalue weighted by atomic mass is 10.0. The number of hydrogen-bond donors (Lipinski definition) is 3. The molecule has 4 heterocycles. The number of fused-ring (bicyclic) bond motifs is 1. The Balaban J connectivity index is 1.24. The van der Waals surface area contributed by atoms with Gasteiger partial charge in [0.2, 0.25) is 5.95 Å². The molecule has 40 heavy (non-hydrogen) atoms. The van der Waals surface area contributed by atoms with Crippen molar-refractivity contribution >= 4 is 22.9 Å². The Morgan fingerprint density at radius 1 is 1.12 bits per heavy atom. The number of nitrogen functional groups attached to an aromatic ring is 1. The Bertz CT molecular complexity index is 1550. The minimum absolute atomic E-state index is 0.0259. The zero-order chi connectivity index (χ0) is 27.3. The number of ether oxygens (including phenoxy) is 2. The second-order valence-electron chi connectivity index (χ2n) is 9.76. The normalized spacial score (nSPS) is 16.9. The van der Waals surface area contributed by atoms with E-state index in [9.17, 15) is 5.11 Å². The van der Waals surface area contributed by atoms with Crippen LogP contribution in [0, 0.1) is 0 Å². The number of anilines is 2. The van der Waals surface area contributed by atoms with Gasteiger partial charge in [-0.3, -0.25) is 4.57 Å². The molecular weight excluding hydrogens is 508 g/mol. The third kappa shape index (κ3) is 5.47. The first-order valence-corrected chi connectivity index (χ1v) is 13.4. The molecule has 1 aliphatic heterocycles. The Morgan fingerprint density at radius 2 is 2.02 bits per heavy atom. The third-order valence-corrected chi connectivity index (χ3v) is 7.04. The van der Waals surface area contributed by atoms with Gasteiger partial charge >= 0.3 is 0 Å². The van der Waals surface area contributed by atoms with E-state index in [4.69, 9.17) is 20.2 Å². The van der Waals surface area contributed by atoms with Crippen molar-refractivity contribution in [2.24, 2.45) is 0 Å². The smallest absolute Gasteiger partial charge is 0.207 e. The molecule has 206 valence electrons. The molecule has 0 aliphatic carbocycles. The number of nitrogens with one attached hydrogen (secondary N) is 1. The number of imidazole rings is 2. The van der Waals surface area contributed by atoms with E-state index in [0.29, 0.717) is 36.1 Å². The van der Waals surface area contributed by atoms with Crippen molar-refractivity contribution in [3.8, 4) is 16.9 Å². The van der Waals surface area contributed by atoms with Crippen LogP contribution in [0.5, 0.6) is 5.75 Å². The maximum Gasteiger partial charge on any atom is 0.207 e. The predicted molar refractivity (Wildman–Crippen MR) is 152 cm³/mol. The van der Waals surface area contributed by atoms with Crippen LogP contribution in [0.4, 0.5) is 11.8 Å². The number of aliphatic hydroxyl groups excluding tert-OH is 1. The second kappa shape index (κ2) is 11.7. The minimum Gasteiger partial charge on any atom is -0.493 e. The zero-order valence-corrected chi connectivity index (χ0v) is 22.1. The topological polar surface area (TPSA) is 138 Å². The van der Waals surface area contributed by atoms with Crippen molar-refractivity contribution in [1.29, 1.82) is 0 Å². The molecule has 0 spiro atoms. The number of aryl methyl sites for hydroxylation is 1. The number of aromatic nitrogens is 6. The van der Waals surface area contributed by atoms with Crippen LogP contribution in [-0.4, -0.2) is 53.5 Å². The Labute approximate surface area is 231 Å². The molecule has 5 aromatic rings. The Kier molecular flexibility index (Phi) is 7.56. The van der Waals surface area contributed by atoms with Gasteiger partial charge in [-0.2, -0.15) is 0 Å². The largest absolute Gasteiger partial charge is 0.493 e. The Hall–Kier alpha value is -4.48. The van der Waals surface area contributed by atoms with E-state index in [1.165, 1.54) is 6.33 Å². The number of nitrogens with two attached hydrogens (primary N) is 1. The standard InChI is InChI=1S/C29H32N8O3/c30-27-26-28(34-18-33-27)37(25-10-8-22(17-38)40-25)29(35-26)32-16-20-7-9-23(21-5-2-1-3-6-21)24(15-20)39-14-4-12-36-13-11-31-19-36/h1-3,5-7,9,11,13,15,18-19,22,25,38H,4,8,10,12,14,16-17H2,(H,32,35)(H2,30,33,34)/t22-,25+/m0/s1. The summed E-state index contributed by atoms with van der Waals surface area (Å²) in [4.78, 5) is 17.4. The summed E-state index contributed by atoms with van der Waals surface area (Å²) >= 11 is 0. The summed E-state index contributed by atoms with van der Waals surface area (Å²) in [5.74, 6) is 1.72. The molecule has 0 bridgehead atoms. The lowest BCUT2D eigenvalue weighted by Crippen LogP contribution is -2.17. The fraction of sp³-hybridized carbons (Fsp3) is 0.310. The minimum atomic E-state index is -0.311. The average molecular weight is 541 g/mol. The fourth-order valence-electron chi connectivity index (χ4n) is 5.02. The van der Waals surface area contributed by atoms with Gasteiger partial charge in [-0.15, -0.1) is 0 Å². The number of nitrogens with zero attached hydrogens (tertiary/aromatic N) is 6. The van der Waals surface area contributed by atoms with Crippen molar-refractivity contribution in [3.63, 3.8) is 0 Å². The average Bonchev–Trinajstić information content (AvgIpc) is 3.75. The summed E-state index contributed by atoms with van der Waals surface area (Å²) in [7, 11) is 0. The van der Waals surface area contributed by atoms with Gasteiger partial charge in [0.05, 0.1) is 25.6 Å². The van der Waals surface area contributed by atoms with E-state index in [2.05, 4.69) is 50.6 Å². The maximum atomic E-state index is 9.59. The van der Waals surface area contributed by atoms with E-state index in [1.807, 2.05) is 39.9 Å². The first-order chi connectivity index (χ1) is 19.7. The first-order valence-electron chi connectivity index (χ1n) is 13.4. The highest BCUT2D eigenvalue weighted by Gasteiger charge is 2.30. The van der Waals surface area contributed by atoms with Crippen molar-refractivity contribution in [2.45, 2.75) is 44.7 Å². The van der Waals surface area contributed by atoms with E-state index >= 15 is 0 Å². The fourth-order valence-corrected chi connectivity index (χ4v) is 5.02. The van der Waals surface area contributed by atoms with Gasteiger partial charge in [0, 0.05) is 31.0 Å². The summed E-state index contributed by atoms with van der Waals surface area (Å²) < 4.78 is 16.3. The molecule has 0 saturated carbocycles. The molecule has 3 aromatic heterocycles. The van der Waals surface area contributed by atoms with Gasteiger partial charge < -0.3 is 30.2 Å². The first kappa shape index (κ1) is 25.8. The quantitative estimate of drug-likeness (QED) is 0.212. The third-order valence-electron chi connectivity index (χ3n) is 7.04. The van der Waals surface area contributed by atoms with E-state index in [-0.39, 0.29) is 18.9 Å². The molecular formula is C29H32N8O3. The van der Waals surface area contributed by atoms with Crippen LogP contribution in [-0.2, 0) is 17.8 Å². The molecule has 1 aliphatic rings. The van der Waals surface area contributed by atoms with Gasteiger partial charge in [0.1, 0.15) is 18.3 Å². The van der Waals surface area contributed by atoms with E-state index in [1.54, 1.807) is 6.20 Å². The monoisotopic (exact) mass is 540 g/mol. The molecule has 11 nitrogen and oxygen atoms in total. The molecule has 1 saturated heterocycles. The molecule has 1 fully saturated rings. The lowest BCUT2D eigenvalue weighted by Gasteiger charge is -2.18. The highest BCUT2D eigenvalue weighted by Crippen LogP contribution is 2.35. The molecule has 2 aromatic carbocycles. The number of aliphatic hydroxyl groups is 1. The number of hydrogen-bond acceptors (Lipinski definition) is 9. The summed E-state index contributed by atoms with van der Waals surface area (Å²) in [6.45, 7) is 1.88. The number of rotatable bonds is 11. The van der Waals surface area contributed by atoms with Crippen molar-refractivity contribution in [1.82, 2.24) is 29.1 Å². The van der Waals surface area contributed by atoms with Crippen molar-refractivity contribution in [2.75, 3.05) is 24.3 Å². The summed E-state index contributed by atoms with van der Waals surface area (Å²) in [5, 5.41) is 13.0. The van der Waals surface area contributed by atoms with Crippen LogP contribution in [0.2, 0.25) is 0 Å². The SMILES string of the molecule is Nc1ncnc2c1nc(NCc1ccc(-c3ccccc3)c(OCCCn3ccnc3)c1)n2[C@H]1CC[C@@H](CO)O1. The van der Waals surface area contributed by atoms with Crippen LogP contribution >= 0.6 is 0 Å². The highest BCUT2D eigenvalue weighted by atomic mass is 16.5. The molecule has 2 atom stereocenters. The zero-order valence-electron chi connectivity index (χ0n) is 22.1. The molecule has 0 unspecified atom stereocenters. The Morgan fingerprint density at radius 3 is 2.83 bits per heavy atom. The van der Waals surface area contributed by atoms with Crippen LogP contribution < -0.4 is 15.8 Å².